The van der Waals surface area contributed by atoms with Gasteiger partial charge in [0.25, 0.3) is 0 Å². The van der Waals surface area contributed by atoms with Gasteiger partial charge in [0.05, 0.1) is 20.8 Å². The Kier molecular flexibility index (Phi) is 5.18. The Morgan fingerprint density at radius 3 is 2.57 bits per heavy atom. The number of aromatic nitrogens is 1. The molecule has 0 amide bonds. The molecule has 8 heteroatoms. The second kappa shape index (κ2) is 7.09. The lowest BCUT2D eigenvalue weighted by atomic mass is 10.1. The number of anilines is 1. The number of hydrogen-bond acceptors (Lipinski definition) is 6. The molecule has 0 fully saturated rings. The zero-order valence-corrected chi connectivity index (χ0v) is 13.0. The minimum absolute atomic E-state index is 0.249. The van der Waals surface area contributed by atoms with Crippen LogP contribution in [0.1, 0.15) is 16.1 Å². The first-order valence-corrected chi connectivity index (χ1v) is 7.41. The molecule has 0 spiro atoms. The molecule has 0 aliphatic rings. The Labute approximate surface area is 132 Å². The standard InChI is InChI=1S/C13H10BrN3O3S/c14-12-2-1-11(21-12)10(18)7-9(13(19)20)17-16-8-3-5-15-6-4-8/h1-6H,7H2,(H,15,16)(H,19,20). The van der Waals surface area contributed by atoms with Crippen LogP contribution in [-0.2, 0) is 4.79 Å². The van der Waals surface area contributed by atoms with Gasteiger partial charge in [-0.15, -0.1) is 11.3 Å². The molecular weight excluding hydrogens is 358 g/mol. The van der Waals surface area contributed by atoms with Crippen LogP contribution in [-0.4, -0.2) is 27.6 Å². The average Bonchev–Trinajstić information content (AvgIpc) is 2.90. The molecule has 0 bridgehead atoms. The van der Waals surface area contributed by atoms with Crippen molar-refractivity contribution in [3.05, 3.63) is 45.3 Å². The third kappa shape index (κ3) is 4.47. The van der Waals surface area contributed by atoms with Gasteiger partial charge in [-0.2, -0.15) is 5.10 Å². The number of carbonyl (C=O) groups is 2. The molecule has 0 saturated heterocycles. The maximum absolute atomic E-state index is 12.0. The van der Waals surface area contributed by atoms with E-state index in [0.717, 1.165) is 3.79 Å². The summed E-state index contributed by atoms with van der Waals surface area (Å²) in [6.07, 6.45) is 2.82. The number of Topliss-reactive ketones (excluding diaryl/α,β-unsaturated/α-hetero) is 1. The fourth-order valence-corrected chi connectivity index (χ4v) is 2.75. The van der Waals surface area contributed by atoms with Gasteiger partial charge < -0.3 is 5.11 Å². The summed E-state index contributed by atoms with van der Waals surface area (Å²) in [5.41, 5.74) is 2.94. The smallest absolute Gasteiger partial charge is 0.352 e. The number of aliphatic carboxylic acids is 1. The maximum Gasteiger partial charge on any atom is 0.352 e. The predicted octanol–water partition coefficient (Wildman–Crippen LogP) is 3.03. The molecule has 2 N–H and O–H groups in total. The first-order chi connectivity index (χ1) is 10.1. The summed E-state index contributed by atoms with van der Waals surface area (Å²) in [4.78, 5) is 27.5. The van der Waals surface area contributed by atoms with Crippen LogP contribution in [0.2, 0.25) is 0 Å². The van der Waals surface area contributed by atoms with Crippen molar-refractivity contribution < 1.29 is 14.7 Å². The number of hydrogen-bond donors (Lipinski definition) is 2. The molecule has 0 aliphatic carbocycles. The fraction of sp³-hybridized carbons (Fsp3) is 0.0769. The third-order valence-corrected chi connectivity index (χ3v) is 4.09. The number of carboxylic acids is 1. The van der Waals surface area contributed by atoms with Crippen LogP contribution in [0, 0.1) is 0 Å². The van der Waals surface area contributed by atoms with E-state index in [2.05, 4.69) is 31.4 Å². The second-order valence-electron chi connectivity index (χ2n) is 3.92. The third-order valence-electron chi connectivity index (χ3n) is 2.42. The molecule has 6 nitrogen and oxygen atoms in total. The van der Waals surface area contributed by atoms with E-state index in [1.807, 2.05) is 0 Å². The van der Waals surface area contributed by atoms with Crippen molar-refractivity contribution in [2.75, 3.05) is 5.43 Å². The topological polar surface area (TPSA) is 91.6 Å². The molecule has 0 unspecified atom stereocenters. The van der Waals surface area contributed by atoms with Gasteiger partial charge in [-0.3, -0.25) is 15.2 Å². The van der Waals surface area contributed by atoms with Crippen molar-refractivity contribution in [3.63, 3.8) is 0 Å². The summed E-state index contributed by atoms with van der Waals surface area (Å²) in [6, 6.07) is 6.67. The minimum Gasteiger partial charge on any atom is -0.477 e. The summed E-state index contributed by atoms with van der Waals surface area (Å²) < 4.78 is 0.814. The molecule has 2 aromatic rings. The highest BCUT2D eigenvalue weighted by Crippen LogP contribution is 2.23. The first-order valence-electron chi connectivity index (χ1n) is 5.80. The number of pyridine rings is 1. The highest BCUT2D eigenvalue weighted by atomic mass is 79.9. The van der Waals surface area contributed by atoms with E-state index < -0.39 is 5.97 Å². The van der Waals surface area contributed by atoms with Crippen LogP contribution in [0.3, 0.4) is 0 Å². The Morgan fingerprint density at radius 2 is 2.00 bits per heavy atom. The Morgan fingerprint density at radius 1 is 1.29 bits per heavy atom. The van der Waals surface area contributed by atoms with E-state index in [0.29, 0.717) is 10.6 Å². The van der Waals surface area contributed by atoms with Gasteiger partial charge in [0.15, 0.2) is 11.5 Å². The molecule has 0 aliphatic heterocycles. The lowest BCUT2D eigenvalue weighted by Crippen LogP contribution is -2.19. The Bertz CT molecular complexity index is 685. The quantitative estimate of drug-likeness (QED) is 0.465. The molecule has 0 atom stereocenters. The summed E-state index contributed by atoms with van der Waals surface area (Å²) in [7, 11) is 0. The monoisotopic (exact) mass is 367 g/mol. The zero-order valence-electron chi connectivity index (χ0n) is 10.6. The van der Waals surface area contributed by atoms with Gasteiger partial charge >= 0.3 is 5.97 Å². The van der Waals surface area contributed by atoms with E-state index in [-0.39, 0.29) is 17.9 Å². The first kappa shape index (κ1) is 15.3. The van der Waals surface area contributed by atoms with Crippen LogP contribution >= 0.6 is 27.3 Å². The number of rotatable bonds is 6. The molecule has 2 heterocycles. The van der Waals surface area contributed by atoms with Crippen molar-refractivity contribution >= 4 is 50.4 Å². The van der Waals surface area contributed by atoms with E-state index >= 15 is 0 Å². The fourth-order valence-electron chi connectivity index (χ4n) is 1.42. The van der Waals surface area contributed by atoms with Crippen molar-refractivity contribution in [2.24, 2.45) is 5.10 Å². The molecule has 0 radical (unpaired) electrons. The second-order valence-corrected chi connectivity index (χ2v) is 6.38. The normalized spacial score (nSPS) is 11.2. The van der Waals surface area contributed by atoms with Crippen LogP contribution in [0.25, 0.3) is 0 Å². The van der Waals surface area contributed by atoms with Crippen LogP contribution in [0.5, 0.6) is 0 Å². The van der Waals surface area contributed by atoms with Gasteiger partial charge in [0, 0.05) is 12.4 Å². The predicted molar refractivity (Wildman–Crippen MR) is 83.9 cm³/mol. The van der Waals surface area contributed by atoms with Crippen molar-refractivity contribution in [2.45, 2.75) is 6.42 Å². The van der Waals surface area contributed by atoms with Crippen LogP contribution < -0.4 is 5.43 Å². The summed E-state index contributed by atoms with van der Waals surface area (Å²) in [5.74, 6) is -1.52. The summed E-state index contributed by atoms with van der Waals surface area (Å²) in [6.45, 7) is 0. The maximum atomic E-state index is 12.0. The molecule has 2 aromatic heterocycles. The van der Waals surface area contributed by atoms with E-state index in [4.69, 9.17) is 5.11 Å². The number of halogens is 1. The zero-order chi connectivity index (χ0) is 15.2. The van der Waals surface area contributed by atoms with Gasteiger partial charge in [-0.25, -0.2) is 4.79 Å². The van der Waals surface area contributed by atoms with Gasteiger partial charge in [0.2, 0.25) is 0 Å². The lowest BCUT2D eigenvalue weighted by Gasteiger charge is -2.02. The number of nitrogens with one attached hydrogen (secondary N) is 1. The van der Waals surface area contributed by atoms with E-state index in [1.165, 1.54) is 11.3 Å². The molecule has 108 valence electrons. The summed E-state index contributed by atoms with van der Waals surface area (Å²) >= 11 is 4.51. The summed E-state index contributed by atoms with van der Waals surface area (Å²) in [5, 5.41) is 12.9. The van der Waals surface area contributed by atoms with Crippen LogP contribution in [0.15, 0.2) is 45.5 Å². The van der Waals surface area contributed by atoms with Gasteiger partial charge in [-0.05, 0) is 40.2 Å². The SMILES string of the molecule is O=C(O)C(CC(=O)c1ccc(Br)s1)=NNc1ccncc1. The molecular formula is C13H10BrN3O3S. The number of nitrogens with zero attached hydrogens (tertiary/aromatic N) is 2. The number of carbonyl (C=O) groups excluding carboxylic acids is 1. The van der Waals surface area contributed by atoms with Gasteiger partial charge in [0.1, 0.15) is 0 Å². The average molecular weight is 368 g/mol. The Hall–Kier alpha value is -2.06. The number of ketones is 1. The molecule has 21 heavy (non-hydrogen) atoms. The van der Waals surface area contributed by atoms with E-state index in [1.54, 1.807) is 36.7 Å². The van der Waals surface area contributed by atoms with E-state index in [9.17, 15) is 9.59 Å². The Balaban J connectivity index is 2.09. The number of carboxylic acid groups (broad SMARTS) is 1. The highest BCUT2D eigenvalue weighted by Gasteiger charge is 2.17. The number of thiophene rings is 1. The van der Waals surface area contributed by atoms with Gasteiger partial charge in [-0.1, -0.05) is 0 Å². The number of hydrazone groups is 1. The largest absolute Gasteiger partial charge is 0.477 e. The van der Waals surface area contributed by atoms with Crippen LogP contribution in [0.4, 0.5) is 5.69 Å². The van der Waals surface area contributed by atoms with Crippen molar-refractivity contribution in [1.82, 2.24) is 4.98 Å². The van der Waals surface area contributed by atoms with Crippen molar-refractivity contribution in [1.29, 1.82) is 0 Å². The molecule has 2 rings (SSSR count). The molecule has 0 saturated carbocycles. The molecule has 0 aromatic carbocycles. The van der Waals surface area contributed by atoms with Crippen molar-refractivity contribution in [3.8, 4) is 0 Å². The lowest BCUT2D eigenvalue weighted by molar-refractivity contribution is -0.129. The minimum atomic E-state index is -1.24. The highest BCUT2D eigenvalue weighted by molar-refractivity contribution is 9.11.